The summed E-state index contributed by atoms with van der Waals surface area (Å²) in [6.45, 7) is 5.14. The van der Waals surface area contributed by atoms with Crippen LogP contribution in [0.4, 0.5) is 11.6 Å². The lowest BCUT2D eigenvalue weighted by Gasteiger charge is -2.20. The summed E-state index contributed by atoms with van der Waals surface area (Å²) in [6, 6.07) is 2.50. The molecule has 2 N–H and O–H groups in total. The third kappa shape index (κ3) is 3.88. The van der Waals surface area contributed by atoms with Gasteiger partial charge in [-0.3, -0.25) is 4.90 Å². The second-order valence-corrected chi connectivity index (χ2v) is 5.50. The fourth-order valence-electron chi connectivity index (χ4n) is 2.12. The molecule has 0 bridgehead atoms. The van der Waals surface area contributed by atoms with Crippen molar-refractivity contribution in [2.75, 3.05) is 37.3 Å². The molecule has 4 nitrogen and oxygen atoms in total. The van der Waals surface area contributed by atoms with Crippen LogP contribution < -0.4 is 10.6 Å². The third-order valence-electron chi connectivity index (χ3n) is 3.33. The van der Waals surface area contributed by atoms with E-state index in [2.05, 4.69) is 27.4 Å². The Morgan fingerprint density at radius 2 is 2.00 bits per heavy atom. The van der Waals surface area contributed by atoms with E-state index >= 15 is 0 Å². The Hall–Kier alpha value is -0.710. The van der Waals surface area contributed by atoms with E-state index in [0.29, 0.717) is 21.7 Å². The van der Waals surface area contributed by atoms with E-state index in [1.54, 1.807) is 13.1 Å². The van der Waals surface area contributed by atoms with E-state index in [4.69, 9.17) is 23.2 Å². The summed E-state index contributed by atoms with van der Waals surface area (Å²) >= 11 is 12.1. The highest BCUT2D eigenvalue weighted by Gasteiger charge is 2.27. The SMILES string of the molecule is CCN(CCNc1nc(NC)c(Cl)cc1Cl)C1CC1. The third-order valence-corrected chi connectivity index (χ3v) is 3.90. The molecule has 0 aliphatic heterocycles. The summed E-state index contributed by atoms with van der Waals surface area (Å²) in [7, 11) is 1.79. The lowest BCUT2D eigenvalue weighted by Crippen LogP contribution is -2.31. The van der Waals surface area contributed by atoms with Crippen molar-refractivity contribution in [2.24, 2.45) is 0 Å². The van der Waals surface area contributed by atoms with Crippen molar-refractivity contribution in [3.63, 3.8) is 0 Å². The number of aromatic nitrogens is 1. The number of anilines is 2. The maximum Gasteiger partial charge on any atom is 0.147 e. The number of hydrogen-bond acceptors (Lipinski definition) is 4. The number of halogens is 2. The zero-order valence-corrected chi connectivity index (χ0v) is 12.9. The van der Waals surface area contributed by atoms with E-state index in [0.717, 1.165) is 25.7 Å². The molecule has 6 heteroatoms. The highest BCUT2D eigenvalue weighted by Crippen LogP contribution is 2.29. The van der Waals surface area contributed by atoms with E-state index < -0.39 is 0 Å². The van der Waals surface area contributed by atoms with Crippen molar-refractivity contribution >= 4 is 34.8 Å². The van der Waals surface area contributed by atoms with E-state index in [1.165, 1.54) is 12.8 Å². The lowest BCUT2D eigenvalue weighted by molar-refractivity contribution is 0.289. The second-order valence-electron chi connectivity index (χ2n) is 4.69. The minimum Gasteiger partial charge on any atom is -0.372 e. The Labute approximate surface area is 124 Å². The van der Waals surface area contributed by atoms with Gasteiger partial charge in [0, 0.05) is 26.2 Å². The van der Waals surface area contributed by atoms with Gasteiger partial charge in [-0.15, -0.1) is 0 Å². The second kappa shape index (κ2) is 6.64. The topological polar surface area (TPSA) is 40.2 Å². The van der Waals surface area contributed by atoms with Crippen LogP contribution in [0.2, 0.25) is 10.0 Å². The molecule has 1 saturated carbocycles. The first kappa shape index (κ1) is 14.7. The predicted octanol–water partition coefficient (Wildman–Crippen LogP) is 3.33. The van der Waals surface area contributed by atoms with E-state index in [9.17, 15) is 0 Å². The predicted molar refractivity (Wildman–Crippen MR) is 82.6 cm³/mol. The van der Waals surface area contributed by atoms with Gasteiger partial charge in [0.25, 0.3) is 0 Å². The van der Waals surface area contributed by atoms with Crippen LogP contribution in [0.1, 0.15) is 19.8 Å². The van der Waals surface area contributed by atoms with Crippen LogP contribution in [0.3, 0.4) is 0 Å². The smallest absolute Gasteiger partial charge is 0.147 e. The zero-order chi connectivity index (χ0) is 13.8. The van der Waals surface area contributed by atoms with Crippen molar-refractivity contribution in [1.82, 2.24) is 9.88 Å². The quantitative estimate of drug-likeness (QED) is 0.810. The molecule has 0 aromatic carbocycles. The van der Waals surface area contributed by atoms with Crippen molar-refractivity contribution in [3.05, 3.63) is 16.1 Å². The van der Waals surface area contributed by atoms with Gasteiger partial charge in [-0.25, -0.2) is 4.98 Å². The van der Waals surface area contributed by atoms with Gasteiger partial charge in [-0.2, -0.15) is 0 Å². The van der Waals surface area contributed by atoms with Gasteiger partial charge >= 0.3 is 0 Å². The lowest BCUT2D eigenvalue weighted by atomic mass is 10.4. The first-order valence-electron chi connectivity index (χ1n) is 6.67. The fraction of sp³-hybridized carbons (Fsp3) is 0.615. The van der Waals surface area contributed by atoms with E-state index in [1.807, 2.05) is 0 Å². The van der Waals surface area contributed by atoms with Crippen LogP contribution in [0.15, 0.2) is 6.07 Å². The number of rotatable bonds is 7. The highest BCUT2D eigenvalue weighted by molar-refractivity contribution is 6.37. The van der Waals surface area contributed by atoms with Gasteiger partial charge in [0.2, 0.25) is 0 Å². The molecule has 0 amide bonds. The molecule has 0 spiro atoms. The summed E-state index contributed by atoms with van der Waals surface area (Å²) in [5, 5.41) is 7.32. The molecule has 106 valence electrons. The summed E-state index contributed by atoms with van der Waals surface area (Å²) < 4.78 is 0. The number of nitrogens with one attached hydrogen (secondary N) is 2. The molecule has 0 atom stereocenters. The van der Waals surface area contributed by atoms with Gasteiger partial charge < -0.3 is 10.6 Å². The molecule has 1 heterocycles. The average Bonchev–Trinajstić information content (AvgIpc) is 3.21. The van der Waals surface area contributed by atoms with Crippen LogP contribution in [0.5, 0.6) is 0 Å². The van der Waals surface area contributed by atoms with Crippen molar-refractivity contribution in [3.8, 4) is 0 Å². The minimum absolute atomic E-state index is 0.534. The largest absolute Gasteiger partial charge is 0.372 e. The number of hydrogen-bond donors (Lipinski definition) is 2. The Kier molecular flexibility index (Phi) is 5.13. The monoisotopic (exact) mass is 302 g/mol. The van der Waals surface area contributed by atoms with Crippen molar-refractivity contribution in [1.29, 1.82) is 0 Å². The first-order chi connectivity index (χ1) is 9.15. The van der Waals surface area contributed by atoms with Crippen LogP contribution in [0, 0.1) is 0 Å². The number of nitrogens with zero attached hydrogens (tertiary/aromatic N) is 2. The first-order valence-corrected chi connectivity index (χ1v) is 7.43. The highest BCUT2D eigenvalue weighted by atomic mass is 35.5. The normalized spacial score (nSPS) is 14.8. The maximum absolute atomic E-state index is 6.13. The molecule has 2 rings (SSSR count). The minimum atomic E-state index is 0.534. The maximum atomic E-state index is 6.13. The standard InChI is InChI=1S/C13H20Cl2N4/c1-3-19(9-4-5-9)7-6-17-13-11(15)8-10(14)12(16-2)18-13/h8-9H,3-7H2,1-2H3,(H2,16,17,18). The number of likely N-dealkylation sites (N-methyl/N-ethyl adjacent to an activating group) is 1. The van der Waals surface area contributed by atoms with Crippen LogP contribution in [-0.4, -0.2) is 42.6 Å². The summed E-state index contributed by atoms with van der Waals surface area (Å²) in [5.41, 5.74) is 0. The van der Waals surface area contributed by atoms with E-state index in [-0.39, 0.29) is 0 Å². The molecule has 0 unspecified atom stereocenters. The molecule has 0 saturated heterocycles. The Morgan fingerprint density at radius 3 is 2.58 bits per heavy atom. The summed E-state index contributed by atoms with van der Waals surface area (Å²) in [5.74, 6) is 1.32. The Morgan fingerprint density at radius 1 is 1.32 bits per heavy atom. The van der Waals surface area contributed by atoms with Gasteiger partial charge in [-0.05, 0) is 25.5 Å². The van der Waals surface area contributed by atoms with Gasteiger partial charge in [0.1, 0.15) is 11.6 Å². The molecule has 1 fully saturated rings. The van der Waals surface area contributed by atoms with Gasteiger partial charge in [0.05, 0.1) is 10.0 Å². The van der Waals surface area contributed by atoms with Crippen LogP contribution in [-0.2, 0) is 0 Å². The summed E-state index contributed by atoms with van der Waals surface area (Å²) in [6.07, 6.45) is 2.66. The Bertz CT molecular complexity index is 435. The molecule has 1 aliphatic rings. The molecule has 1 aromatic rings. The molecular weight excluding hydrogens is 283 g/mol. The molecule has 1 aromatic heterocycles. The number of pyridine rings is 1. The Balaban J connectivity index is 1.91. The molecule has 19 heavy (non-hydrogen) atoms. The average molecular weight is 303 g/mol. The van der Waals surface area contributed by atoms with Crippen LogP contribution >= 0.6 is 23.2 Å². The summed E-state index contributed by atoms with van der Waals surface area (Å²) in [4.78, 5) is 6.85. The molecule has 0 radical (unpaired) electrons. The van der Waals surface area contributed by atoms with Gasteiger partial charge in [0.15, 0.2) is 0 Å². The fourth-order valence-corrected chi connectivity index (χ4v) is 2.64. The van der Waals surface area contributed by atoms with Crippen LogP contribution in [0.25, 0.3) is 0 Å². The molecular formula is C13H20Cl2N4. The zero-order valence-electron chi connectivity index (χ0n) is 11.3. The molecule has 1 aliphatic carbocycles. The van der Waals surface area contributed by atoms with Crippen molar-refractivity contribution < 1.29 is 0 Å². The van der Waals surface area contributed by atoms with Gasteiger partial charge in [-0.1, -0.05) is 30.1 Å². The van der Waals surface area contributed by atoms with Crippen molar-refractivity contribution in [2.45, 2.75) is 25.8 Å².